The van der Waals surface area contributed by atoms with E-state index in [0.717, 1.165) is 6.54 Å². The molecule has 2 rings (SSSR count). The fourth-order valence-corrected chi connectivity index (χ4v) is 1.69. The van der Waals surface area contributed by atoms with Crippen LogP contribution in [0.1, 0.15) is 23.2 Å². The minimum atomic E-state index is -0.471. The highest BCUT2D eigenvalue weighted by Gasteiger charge is 2.23. The van der Waals surface area contributed by atoms with Gasteiger partial charge in [-0.2, -0.15) is 0 Å². The molecule has 1 fully saturated rings. The molecule has 2 N–H and O–H groups in total. The largest absolute Gasteiger partial charge is 0.379 e. The zero-order valence-electron chi connectivity index (χ0n) is 10.1. The molecule has 0 spiro atoms. The predicted molar refractivity (Wildman–Crippen MR) is 67.7 cm³/mol. The van der Waals surface area contributed by atoms with Crippen LogP contribution < -0.4 is 10.6 Å². The summed E-state index contributed by atoms with van der Waals surface area (Å²) in [5, 5.41) is 16.5. The summed E-state index contributed by atoms with van der Waals surface area (Å²) < 4.78 is 0. The van der Waals surface area contributed by atoms with Crippen molar-refractivity contribution >= 4 is 17.3 Å². The summed E-state index contributed by atoms with van der Waals surface area (Å²) in [7, 11) is 1.49. The van der Waals surface area contributed by atoms with Gasteiger partial charge in [-0.25, -0.2) is 0 Å². The van der Waals surface area contributed by atoms with E-state index in [4.69, 9.17) is 0 Å². The molecule has 6 nitrogen and oxygen atoms in total. The maximum Gasteiger partial charge on any atom is 0.293 e. The number of nitrogens with one attached hydrogen (secondary N) is 2. The highest BCUT2D eigenvalue weighted by molar-refractivity contribution is 5.95. The number of benzene rings is 1. The van der Waals surface area contributed by atoms with Crippen molar-refractivity contribution in [1.82, 2.24) is 5.32 Å². The van der Waals surface area contributed by atoms with Crippen molar-refractivity contribution in [2.24, 2.45) is 5.92 Å². The van der Waals surface area contributed by atoms with Gasteiger partial charge in [0.2, 0.25) is 0 Å². The Morgan fingerprint density at radius 1 is 1.50 bits per heavy atom. The normalized spacial score (nSPS) is 14.1. The molecule has 0 aromatic heterocycles. The van der Waals surface area contributed by atoms with Crippen molar-refractivity contribution in [2.75, 3.05) is 18.9 Å². The van der Waals surface area contributed by atoms with E-state index >= 15 is 0 Å². The maximum absolute atomic E-state index is 11.4. The third-order valence-electron chi connectivity index (χ3n) is 2.96. The number of nitro groups is 1. The number of rotatable bonds is 5. The lowest BCUT2D eigenvalue weighted by molar-refractivity contribution is -0.384. The summed E-state index contributed by atoms with van der Waals surface area (Å²) in [6, 6.07) is 4.47. The first-order valence-electron chi connectivity index (χ1n) is 5.86. The Kier molecular flexibility index (Phi) is 3.45. The first-order chi connectivity index (χ1) is 8.61. The zero-order chi connectivity index (χ0) is 13.1. The third-order valence-corrected chi connectivity index (χ3v) is 2.96. The topological polar surface area (TPSA) is 84.3 Å². The molecule has 0 unspecified atom stereocenters. The van der Waals surface area contributed by atoms with Crippen molar-refractivity contribution < 1.29 is 9.72 Å². The molecule has 6 heteroatoms. The number of amides is 1. The van der Waals surface area contributed by atoms with Crippen LogP contribution in [0.5, 0.6) is 0 Å². The number of nitro benzene ring substituents is 1. The second-order valence-electron chi connectivity index (χ2n) is 4.39. The number of anilines is 1. The summed E-state index contributed by atoms with van der Waals surface area (Å²) >= 11 is 0. The van der Waals surface area contributed by atoms with Gasteiger partial charge in [0, 0.05) is 25.2 Å². The van der Waals surface area contributed by atoms with Crippen LogP contribution in [0.25, 0.3) is 0 Å². The minimum absolute atomic E-state index is 0.0586. The van der Waals surface area contributed by atoms with Gasteiger partial charge in [0.05, 0.1) is 4.92 Å². The summed E-state index contributed by atoms with van der Waals surface area (Å²) in [5.74, 6) is 0.301. The van der Waals surface area contributed by atoms with Crippen molar-refractivity contribution in [1.29, 1.82) is 0 Å². The van der Waals surface area contributed by atoms with E-state index in [2.05, 4.69) is 10.6 Å². The van der Waals surface area contributed by atoms with Crippen LogP contribution in [0, 0.1) is 16.0 Å². The van der Waals surface area contributed by atoms with Crippen LogP contribution in [0.2, 0.25) is 0 Å². The van der Waals surface area contributed by atoms with Gasteiger partial charge in [-0.15, -0.1) is 0 Å². The van der Waals surface area contributed by atoms with Gasteiger partial charge in [-0.1, -0.05) is 0 Å². The average molecular weight is 249 g/mol. The molecular formula is C12H15N3O3. The van der Waals surface area contributed by atoms with Crippen LogP contribution in [0.4, 0.5) is 11.4 Å². The van der Waals surface area contributed by atoms with E-state index in [1.54, 1.807) is 12.1 Å². The van der Waals surface area contributed by atoms with Crippen LogP contribution in [0.15, 0.2) is 18.2 Å². The van der Waals surface area contributed by atoms with Crippen LogP contribution >= 0.6 is 0 Å². The van der Waals surface area contributed by atoms with Crippen molar-refractivity contribution in [3.05, 3.63) is 33.9 Å². The van der Waals surface area contributed by atoms with Gasteiger partial charge in [0.1, 0.15) is 5.69 Å². The van der Waals surface area contributed by atoms with E-state index < -0.39 is 4.92 Å². The minimum Gasteiger partial charge on any atom is -0.379 e. The van der Waals surface area contributed by atoms with E-state index in [0.29, 0.717) is 17.2 Å². The third kappa shape index (κ3) is 2.77. The first kappa shape index (κ1) is 12.3. The fourth-order valence-electron chi connectivity index (χ4n) is 1.69. The van der Waals surface area contributed by atoms with Crippen molar-refractivity contribution in [3.63, 3.8) is 0 Å². The Hall–Kier alpha value is -2.11. The molecule has 1 aliphatic carbocycles. The molecular weight excluding hydrogens is 234 g/mol. The van der Waals surface area contributed by atoms with Crippen LogP contribution in [0.3, 0.4) is 0 Å². The fraction of sp³-hybridized carbons (Fsp3) is 0.417. The van der Waals surface area contributed by atoms with Gasteiger partial charge in [-0.05, 0) is 30.9 Å². The number of hydrogen-bond acceptors (Lipinski definition) is 4. The molecule has 0 atom stereocenters. The van der Waals surface area contributed by atoms with Gasteiger partial charge < -0.3 is 10.6 Å². The Labute approximate surface area is 105 Å². The van der Waals surface area contributed by atoms with E-state index in [-0.39, 0.29) is 11.6 Å². The molecule has 0 saturated heterocycles. The SMILES string of the molecule is CNC(=O)c1ccc(NCC2CC2)c([N+](=O)[O-])c1. The molecule has 0 heterocycles. The molecule has 96 valence electrons. The lowest BCUT2D eigenvalue weighted by Gasteiger charge is -2.07. The van der Waals surface area contributed by atoms with Gasteiger partial charge in [-0.3, -0.25) is 14.9 Å². The van der Waals surface area contributed by atoms with Crippen LogP contribution in [-0.2, 0) is 0 Å². The van der Waals surface area contributed by atoms with Gasteiger partial charge in [0.15, 0.2) is 0 Å². The quantitative estimate of drug-likeness (QED) is 0.615. The Morgan fingerprint density at radius 2 is 2.22 bits per heavy atom. The Morgan fingerprint density at radius 3 is 2.78 bits per heavy atom. The van der Waals surface area contributed by atoms with E-state index in [1.807, 2.05) is 0 Å². The standard InChI is InChI=1S/C12H15N3O3/c1-13-12(16)9-4-5-10(11(6-9)15(17)18)14-7-8-2-3-8/h4-6,8,14H,2-3,7H2,1H3,(H,13,16). The maximum atomic E-state index is 11.4. The smallest absolute Gasteiger partial charge is 0.293 e. The number of carbonyl (C=O) groups excluding carboxylic acids is 1. The Bertz CT molecular complexity index is 483. The monoisotopic (exact) mass is 249 g/mol. The molecule has 1 aromatic rings. The molecule has 1 amide bonds. The molecule has 0 aliphatic heterocycles. The second kappa shape index (κ2) is 5.03. The lowest BCUT2D eigenvalue weighted by atomic mass is 10.1. The summed E-state index contributed by atoms with van der Waals surface area (Å²) in [6.07, 6.45) is 2.36. The second-order valence-corrected chi connectivity index (χ2v) is 4.39. The van der Waals surface area contributed by atoms with Crippen LogP contribution in [-0.4, -0.2) is 24.4 Å². The van der Waals surface area contributed by atoms with Crippen molar-refractivity contribution in [2.45, 2.75) is 12.8 Å². The molecule has 0 bridgehead atoms. The molecule has 1 aromatic carbocycles. The molecule has 0 radical (unpaired) electrons. The highest BCUT2D eigenvalue weighted by atomic mass is 16.6. The number of nitrogens with zero attached hydrogens (tertiary/aromatic N) is 1. The average Bonchev–Trinajstić information content (AvgIpc) is 3.19. The van der Waals surface area contributed by atoms with E-state index in [1.165, 1.54) is 26.0 Å². The van der Waals surface area contributed by atoms with E-state index in [9.17, 15) is 14.9 Å². The predicted octanol–water partition coefficient (Wildman–Crippen LogP) is 1.78. The van der Waals surface area contributed by atoms with Gasteiger partial charge >= 0.3 is 0 Å². The molecule has 18 heavy (non-hydrogen) atoms. The molecule has 1 saturated carbocycles. The highest BCUT2D eigenvalue weighted by Crippen LogP contribution is 2.31. The van der Waals surface area contributed by atoms with Gasteiger partial charge in [0.25, 0.3) is 11.6 Å². The number of hydrogen-bond donors (Lipinski definition) is 2. The first-order valence-corrected chi connectivity index (χ1v) is 5.86. The summed E-state index contributed by atoms with van der Waals surface area (Å²) in [6.45, 7) is 0.750. The summed E-state index contributed by atoms with van der Waals surface area (Å²) in [4.78, 5) is 21.9. The lowest BCUT2D eigenvalue weighted by Crippen LogP contribution is -2.18. The van der Waals surface area contributed by atoms with Crippen molar-refractivity contribution in [3.8, 4) is 0 Å². The Balaban J connectivity index is 2.22. The zero-order valence-corrected chi connectivity index (χ0v) is 10.1. The molecule has 1 aliphatic rings. The number of carbonyl (C=O) groups is 1. The summed E-state index contributed by atoms with van der Waals surface area (Å²) in [5.41, 5.74) is 0.706.